The van der Waals surface area contributed by atoms with E-state index in [-0.39, 0.29) is 0 Å². The van der Waals surface area contributed by atoms with Crippen LogP contribution in [-0.2, 0) is 0 Å². The second kappa shape index (κ2) is 3.14. The van der Waals surface area contributed by atoms with Crippen LogP contribution in [0.3, 0.4) is 0 Å². The largest absolute Gasteiger partial charge is 0.316 e. The van der Waals surface area contributed by atoms with Crippen molar-refractivity contribution in [2.75, 3.05) is 13.1 Å². The van der Waals surface area contributed by atoms with E-state index in [0.29, 0.717) is 5.41 Å². The fourth-order valence-corrected chi connectivity index (χ4v) is 2.53. The van der Waals surface area contributed by atoms with Gasteiger partial charge in [-0.3, -0.25) is 0 Å². The lowest BCUT2D eigenvalue weighted by Gasteiger charge is -2.40. The first-order valence-electron chi connectivity index (χ1n) is 4.96. The third-order valence-electron chi connectivity index (χ3n) is 3.22. The van der Waals surface area contributed by atoms with E-state index in [0.717, 1.165) is 0 Å². The summed E-state index contributed by atoms with van der Waals surface area (Å²) in [5.41, 5.74) is 0.622. The van der Waals surface area contributed by atoms with Gasteiger partial charge in [0.1, 0.15) is 0 Å². The van der Waals surface area contributed by atoms with Gasteiger partial charge in [0.2, 0.25) is 0 Å². The first kappa shape index (κ1) is 7.60. The van der Waals surface area contributed by atoms with Crippen molar-refractivity contribution in [3.63, 3.8) is 0 Å². The molecule has 11 heavy (non-hydrogen) atoms. The van der Waals surface area contributed by atoms with Crippen molar-refractivity contribution in [1.82, 2.24) is 5.32 Å². The van der Waals surface area contributed by atoms with Crippen molar-refractivity contribution >= 4 is 0 Å². The maximum absolute atomic E-state index is 3.51. The van der Waals surface area contributed by atoms with Crippen molar-refractivity contribution in [3.8, 4) is 0 Å². The second-order valence-corrected chi connectivity index (χ2v) is 4.09. The van der Waals surface area contributed by atoms with E-state index < -0.39 is 0 Å². The molecule has 1 aliphatic heterocycles. The Kier molecular flexibility index (Phi) is 2.17. The number of rotatable bonds is 0. The molecule has 0 aromatic carbocycles. The number of hydrogen-bond donors (Lipinski definition) is 1. The lowest BCUT2D eigenvalue weighted by atomic mass is 9.70. The van der Waals surface area contributed by atoms with E-state index in [1.165, 1.54) is 51.6 Å². The Hall–Kier alpha value is -0.0400. The first-order valence-corrected chi connectivity index (χ1v) is 4.96. The van der Waals surface area contributed by atoms with Crippen LogP contribution in [0.2, 0.25) is 0 Å². The predicted octanol–water partition coefficient (Wildman–Crippen LogP) is 2.13. The van der Waals surface area contributed by atoms with E-state index in [9.17, 15) is 0 Å². The lowest BCUT2D eigenvalue weighted by molar-refractivity contribution is 0.200. The van der Waals surface area contributed by atoms with Crippen molar-refractivity contribution in [2.24, 2.45) is 5.41 Å². The van der Waals surface area contributed by atoms with Gasteiger partial charge in [-0.15, -0.1) is 0 Å². The Bertz CT molecular complexity index is 99.3. The molecule has 1 spiro atoms. The maximum atomic E-state index is 3.51. The van der Waals surface area contributed by atoms with Gasteiger partial charge in [0.05, 0.1) is 0 Å². The van der Waals surface area contributed by atoms with Crippen LogP contribution in [0.15, 0.2) is 0 Å². The molecular weight excluding hydrogens is 134 g/mol. The summed E-state index contributed by atoms with van der Waals surface area (Å²) < 4.78 is 0. The van der Waals surface area contributed by atoms with E-state index in [2.05, 4.69) is 11.7 Å². The Morgan fingerprint density at radius 1 is 1.09 bits per heavy atom. The molecule has 1 saturated heterocycles. The molecule has 0 aromatic rings. The average molecular weight is 152 g/mol. The summed E-state index contributed by atoms with van der Waals surface area (Å²) in [6, 6.07) is 0. The average Bonchev–Trinajstić information content (AvgIpc) is 2.07. The molecule has 1 N–H and O–H groups in total. The summed E-state index contributed by atoms with van der Waals surface area (Å²) >= 11 is 0. The van der Waals surface area contributed by atoms with Crippen LogP contribution >= 0.6 is 0 Å². The minimum absolute atomic E-state index is 0.622. The van der Waals surface area contributed by atoms with Crippen LogP contribution < -0.4 is 5.32 Å². The molecule has 0 amide bonds. The molecule has 2 fully saturated rings. The first-order chi connectivity index (χ1) is 5.41. The standard InChI is InChI=1S/C10H18N/c1-2-5-10(6-3-1)7-4-8-11-9-10/h7,11H,1-6,8-9H2. The van der Waals surface area contributed by atoms with Crippen LogP contribution in [0, 0.1) is 11.8 Å². The smallest absolute Gasteiger partial charge is 0.00106 e. The molecule has 1 heterocycles. The van der Waals surface area contributed by atoms with Crippen LogP contribution in [0.1, 0.15) is 38.5 Å². The van der Waals surface area contributed by atoms with Gasteiger partial charge >= 0.3 is 0 Å². The van der Waals surface area contributed by atoms with Gasteiger partial charge in [0.15, 0.2) is 0 Å². The lowest BCUT2D eigenvalue weighted by Crippen LogP contribution is -2.41. The molecular formula is C10H18N. The summed E-state index contributed by atoms with van der Waals surface area (Å²) in [6.07, 6.45) is 11.1. The molecule has 0 unspecified atom stereocenters. The SMILES string of the molecule is [CH]1CCNCC12CCCCC2. The second-order valence-electron chi connectivity index (χ2n) is 4.09. The van der Waals surface area contributed by atoms with E-state index in [1.54, 1.807) is 0 Å². The normalized spacial score (nSPS) is 30.5. The quantitative estimate of drug-likeness (QED) is 0.560. The van der Waals surface area contributed by atoms with E-state index >= 15 is 0 Å². The zero-order valence-electron chi connectivity index (χ0n) is 7.23. The minimum Gasteiger partial charge on any atom is -0.316 e. The molecule has 0 atom stereocenters. The van der Waals surface area contributed by atoms with Crippen LogP contribution in [0.4, 0.5) is 0 Å². The van der Waals surface area contributed by atoms with Gasteiger partial charge in [0.25, 0.3) is 0 Å². The molecule has 0 aromatic heterocycles. The van der Waals surface area contributed by atoms with Gasteiger partial charge in [-0.05, 0) is 37.6 Å². The molecule has 1 nitrogen and oxygen atoms in total. The molecule has 1 radical (unpaired) electrons. The molecule has 1 aliphatic carbocycles. The van der Waals surface area contributed by atoms with E-state index in [1.807, 2.05) is 0 Å². The zero-order chi connectivity index (χ0) is 7.57. The summed E-state index contributed by atoms with van der Waals surface area (Å²) in [4.78, 5) is 0. The van der Waals surface area contributed by atoms with Gasteiger partial charge in [-0.1, -0.05) is 19.3 Å². The van der Waals surface area contributed by atoms with E-state index in [4.69, 9.17) is 0 Å². The van der Waals surface area contributed by atoms with Crippen molar-refractivity contribution in [1.29, 1.82) is 0 Å². The highest BCUT2D eigenvalue weighted by Crippen LogP contribution is 2.40. The number of piperidine rings is 1. The third-order valence-corrected chi connectivity index (χ3v) is 3.22. The fraction of sp³-hybridized carbons (Fsp3) is 0.900. The van der Waals surface area contributed by atoms with Crippen molar-refractivity contribution in [3.05, 3.63) is 6.42 Å². The predicted molar refractivity (Wildman–Crippen MR) is 47.3 cm³/mol. The van der Waals surface area contributed by atoms with Crippen molar-refractivity contribution < 1.29 is 0 Å². The van der Waals surface area contributed by atoms with Crippen molar-refractivity contribution in [2.45, 2.75) is 38.5 Å². The third kappa shape index (κ3) is 1.58. The summed E-state index contributed by atoms with van der Waals surface area (Å²) in [5, 5.41) is 3.51. The number of nitrogens with one attached hydrogen (secondary N) is 1. The number of hydrogen-bond acceptors (Lipinski definition) is 1. The zero-order valence-corrected chi connectivity index (χ0v) is 7.23. The molecule has 2 aliphatic rings. The maximum Gasteiger partial charge on any atom is 0.00106 e. The Morgan fingerprint density at radius 3 is 2.55 bits per heavy atom. The Morgan fingerprint density at radius 2 is 1.91 bits per heavy atom. The van der Waals surface area contributed by atoms with Gasteiger partial charge < -0.3 is 5.32 Å². The highest BCUT2D eigenvalue weighted by molar-refractivity contribution is 4.98. The summed E-state index contributed by atoms with van der Waals surface area (Å²) in [6.45, 7) is 2.47. The summed E-state index contributed by atoms with van der Waals surface area (Å²) in [7, 11) is 0. The van der Waals surface area contributed by atoms with Gasteiger partial charge in [-0.2, -0.15) is 0 Å². The van der Waals surface area contributed by atoms with Crippen LogP contribution in [0.5, 0.6) is 0 Å². The molecule has 2 rings (SSSR count). The molecule has 1 saturated carbocycles. The Labute approximate surface area is 69.6 Å². The fourth-order valence-electron chi connectivity index (χ4n) is 2.53. The minimum atomic E-state index is 0.622. The highest BCUT2D eigenvalue weighted by Gasteiger charge is 2.33. The topological polar surface area (TPSA) is 12.0 Å². The van der Waals surface area contributed by atoms with Crippen LogP contribution in [0.25, 0.3) is 0 Å². The molecule has 0 bridgehead atoms. The summed E-state index contributed by atoms with van der Waals surface area (Å²) in [5.74, 6) is 0. The molecule has 1 heteroatoms. The van der Waals surface area contributed by atoms with Gasteiger partial charge in [0, 0.05) is 6.54 Å². The monoisotopic (exact) mass is 152 g/mol. The highest BCUT2D eigenvalue weighted by atomic mass is 14.9. The molecule has 63 valence electrons. The Balaban J connectivity index is 1.94. The van der Waals surface area contributed by atoms with Gasteiger partial charge in [-0.25, -0.2) is 0 Å². The van der Waals surface area contributed by atoms with Crippen LogP contribution in [-0.4, -0.2) is 13.1 Å².